The molecule has 1 aromatic rings. The summed E-state index contributed by atoms with van der Waals surface area (Å²) in [5, 5.41) is 0. The van der Waals surface area contributed by atoms with E-state index in [2.05, 4.69) is 49.4 Å². The Bertz CT molecular complexity index is 489. The van der Waals surface area contributed by atoms with Crippen LogP contribution in [0.4, 0.5) is 0 Å². The molecule has 0 spiro atoms. The molecule has 15 heavy (non-hydrogen) atoms. The SMILES string of the molecule is CC1=CC=C2SCC(c3ccccc3)=C12. The van der Waals surface area contributed by atoms with Gasteiger partial charge in [-0.25, -0.2) is 0 Å². The molecule has 1 aliphatic carbocycles. The summed E-state index contributed by atoms with van der Waals surface area (Å²) in [5.41, 5.74) is 5.76. The molecule has 0 bridgehead atoms. The minimum Gasteiger partial charge on any atom is -0.121 e. The molecule has 0 N–H and O–H groups in total. The van der Waals surface area contributed by atoms with Crippen LogP contribution >= 0.6 is 11.8 Å². The highest BCUT2D eigenvalue weighted by molar-refractivity contribution is 8.04. The lowest BCUT2D eigenvalue weighted by Gasteiger charge is -2.05. The number of allylic oxidation sites excluding steroid dienone is 4. The van der Waals surface area contributed by atoms with Crippen LogP contribution in [-0.2, 0) is 0 Å². The van der Waals surface area contributed by atoms with Crippen LogP contribution in [0.3, 0.4) is 0 Å². The Balaban J connectivity index is 2.15. The van der Waals surface area contributed by atoms with Crippen LogP contribution in [0, 0.1) is 0 Å². The molecular weight excluding hydrogens is 200 g/mol. The minimum atomic E-state index is 1.12. The van der Waals surface area contributed by atoms with Gasteiger partial charge in [-0.15, -0.1) is 11.8 Å². The van der Waals surface area contributed by atoms with Crippen molar-refractivity contribution >= 4 is 17.3 Å². The monoisotopic (exact) mass is 212 g/mol. The number of hydrogen-bond acceptors (Lipinski definition) is 1. The van der Waals surface area contributed by atoms with Gasteiger partial charge in [0.15, 0.2) is 0 Å². The Morgan fingerprint density at radius 1 is 1.07 bits per heavy atom. The molecule has 0 saturated heterocycles. The number of thioether (sulfide) groups is 1. The maximum Gasteiger partial charge on any atom is 0.0244 e. The number of rotatable bonds is 1. The van der Waals surface area contributed by atoms with Crippen LogP contribution in [-0.4, -0.2) is 5.75 Å². The summed E-state index contributed by atoms with van der Waals surface area (Å²) in [7, 11) is 0. The first-order valence-corrected chi connectivity index (χ1v) is 6.15. The van der Waals surface area contributed by atoms with Gasteiger partial charge >= 0.3 is 0 Å². The van der Waals surface area contributed by atoms with Crippen molar-refractivity contribution in [3.8, 4) is 0 Å². The fourth-order valence-electron chi connectivity index (χ4n) is 2.16. The Morgan fingerprint density at radius 3 is 2.67 bits per heavy atom. The predicted molar refractivity (Wildman–Crippen MR) is 67.7 cm³/mol. The van der Waals surface area contributed by atoms with Crippen molar-refractivity contribution in [3.05, 3.63) is 64.1 Å². The van der Waals surface area contributed by atoms with Gasteiger partial charge in [0, 0.05) is 10.7 Å². The molecule has 3 rings (SSSR count). The van der Waals surface area contributed by atoms with E-state index in [0.717, 1.165) is 5.75 Å². The molecule has 0 radical (unpaired) electrons. The summed E-state index contributed by atoms with van der Waals surface area (Å²) in [4.78, 5) is 1.45. The Morgan fingerprint density at radius 2 is 1.87 bits per heavy atom. The summed E-state index contributed by atoms with van der Waals surface area (Å²) < 4.78 is 0. The summed E-state index contributed by atoms with van der Waals surface area (Å²) in [6.07, 6.45) is 4.46. The van der Waals surface area contributed by atoms with E-state index in [1.807, 2.05) is 11.8 Å². The van der Waals surface area contributed by atoms with Crippen molar-refractivity contribution in [2.45, 2.75) is 6.92 Å². The summed E-state index contributed by atoms with van der Waals surface area (Å²) in [6, 6.07) is 10.7. The van der Waals surface area contributed by atoms with Gasteiger partial charge in [-0.2, -0.15) is 0 Å². The van der Waals surface area contributed by atoms with E-state index in [1.54, 1.807) is 0 Å². The lowest BCUT2D eigenvalue weighted by molar-refractivity contribution is 1.45. The standard InChI is InChI=1S/C14H12S/c1-10-7-8-13-14(10)12(9-15-13)11-5-3-2-4-6-11/h2-8H,9H2,1H3. The second kappa shape index (κ2) is 3.42. The van der Waals surface area contributed by atoms with Gasteiger partial charge in [0.2, 0.25) is 0 Å². The van der Waals surface area contributed by atoms with Crippen LogP contribution in [0.5, 0.6) is 0 Å². The molecule has 2 aliphatic rings. The second-order valence-corrected chi connectivity index (χ2v) is 4.91. The molecule has 0 nitrogen and oxygen atoms in total. The first-order valence-electron chi connectivity index (χ1n) is 5.17. The number of hydrogen-bond donors (Lipinski definition) is 0. The van der Waals surface area contributed by atoms with E-state index < -0.39 is 0 Å². The minimum absolute atomic E-state index is 1.12. The highest BCUT2D eigenvalue weighted by Crippen LogP contribution is 2.46. The fraction of sp³-hybridized carbons (Fsp3) is 0.143. The maximum absolute atomic E-state index is 2.24. The van der Waals surface area contributed by atoms with Gasteiger partial charge < -0.3 is 0 Å². The molecule has 0 aromatic heterocycles. The Kier molecular flexibility index (Phi) is 2.06. The zero-order valence-electron chi connectivity index (χ0n) is 8.66. The quantitative estimate of drug-likeness (QED) is 0.677. The third-order valence-corrected chi connectivity index (χ3v) is 4.01. The van der Waals surface area contributed by atoms with E-state index >= 15 is 0 Å². The van der Waals surface area contributed by atoms with E-state index in [0.29, 0.717) is 0 Å². The van der Waals surface area contributed by atoms with Crippen LogP contribution in [0.15, 0.2) is 58.5 Å². The summed E-state index contributed by atoms with van der Waals surface area (Å²) in [6.45, 7) is 2.20. The van der Waals surface area contributed by atoms with Gasteiger partial charge in [-0.3, -0.25) is 0 Å². The molecule has 1 heteroatoms. The van der Waals surface area contributed by atoms with E-state index in [1.165, 1.54) is 27.2 Å². The molecule has 0 fully saturated rings. The lowest BCUT2D eigenvalue weighted by atomic mass is 9.99. The second-order valence-electron chi connectivity index (χ2n) is 3.89. The highest BCUT2D eigenvalue weighted by atomic mass is 32.2. The Hall–Kier alpha value is -1.21. The Labute approximate surface area is 94.4 Å². The normalized spacial score (nSPS) is 19.0. The maximum atomic E-state index is 2.24. The molecule has 0 atom stereocenters. The fourth-order valence-corrected chi connectivity index (χ4v) is 3.36. The van der Waals surface area contributed by atoms with Crippen LogP contribution < -0.4 is 0 Å². The predicted octanol–water partition coefficient (Wildman–Crippen LogP) is 4.03. The average molecular weight is 212 g/mol. The van der Waals surface area contributed by atoms with Crippen LogP contribution in [0.2, 0.25) is 0 Å². The van der Waals surface area contributed by atoms with Gasteiger partial charge in [-0.05, 0) is 35.3 Å². The van der Waals surface area contributed by atoms with E-state index in [4.69, 9.17) is 0 Å². The molecule has 1 heterocycles. The highest BCUT2D eigenvalue weighted by Gasteiger charge is 2.24. The molecule has 0 unspecified atom stereocenters. The zero-order valence-corrected chi connectivity index (χ0v) is 9.47. The van der Waals surface area contributed by atoms with E-state index in [9.17, 15) is 0 Å². The average Bonchev–Trinajstić information content (AvgIpc) is 2.84. The molecule has 1 aromatic carbocycles. The topological polar surface area (TPSA) is 0 Å². The molecular formula is C14H12S. The first kappa shape index (κ1) is 9.05. The van der Waals surface area contributed by atoms with Gasteiger partial charge in [0.05, 0.1) is 0 Å². The van der Waals surface area contributed by atoms with Gasteiger partial charge in [0.1, 0.15) is 0 Å². The van der Waals surface area contributed by atoms with Crippen LogP contribution in [0.25, 0.3) is 5.57 Å². The molecule has 1 aliphatic heterocycles. The number of benzene rings is 1. The summed E-state index contributed by atoms with van der Waals surface area (Å²) >= 11 is 1.95. The van der Waals surface area contributed by atoms with Crippen molar-refractivity contribution in [2.75, 3.05) is 5.75 Å². The zero-order chi connectivity index (χ0) is 10.3. The van der Waals surface area contributed by atoms with E-state index in [-0.39, 0.29) is 0 Å². The first-order chi connectivity index (χ1) is 7.36. The smallest absolute Gasteiger partial charge is 0.0244 e. The van der Waals surface area contributed by atoms with Crippen molar-refractivity contribution in [3.63, 3.8) is 0 Å². The van der Waals surface area contributed by atoms with Crippen molar-refractivity contribution < 1.29 is 0 Å². The summed E-state index contributed by atoms with van der Waals surface area (Å²) in [5.74, 6) is 1.12. The van der Waals surface area contributed by atoms with Crippen molar-refractivity contribution in [1.29, 1.82) is 0 Å². The largest absolute Gasteiger partial charge is 0.121 e. The molecule has 0 saturated carbocycles. The third kappa shape index (κ3) is 1.38. The van der Waals surface area contributed by atoms with Crippen molar-refractivity contribution in [1.82, 2.24) is 0 Å². The van der Waals surface area contributed by atoms with Crippen LogP contribution in [0.1, 0.15) is 12.5 Å². The number of fused-ring (bicyclic) bond motifs is 1. The third-order valence-electron chi connectivity index (χ3n) is 2.92. The lowest BCUT2D eigenvalue weighted by Crippen LogP contribution is -1.87. The van der Waals surface area contributed by atoms with Gasteiger partial charge in [0.25, 0.3) is 0 Å². The van der Waals surface area contributed by atoms with Crippen molar-refractivity contribution in [2.24, 2.45) is 0 Å². The molecule has 0 amide bonds. The molecule has 74 valence electrons. The van der Waals surface area contributed by atoms with Gasteiger partial charge in [-0.1, -0.05) is 36.4 Å².